The van der Waals surface area contributed by atoms with Gasteiger partial charge in [0.2, 0.25) is 0 Å². The van der Waals surface area contributed by atoms with Crippen LogP contribution in [0.4, 0.5) is 0 Å². The van der Waals surface area contributed by atoms with E-state index in [4.69, 9.17) is 29.6 Å². The summed E-state index contributed by atoms with van der Waals surface area (Å²) in [5.41, 5.74) is 0.944. The lowest BCUT2D eigenvalue weighted by Crippen LogP contribution is -1.78. The third-order valence-electron chi connectivity index (χ3n) is 1.03. The molecule has 0 bridgehead atoms. The Morgan fingerprint density at radius 2 is 2.18 bits per heavy atom. The van der Waals surface area contributed by atoms with Gasteiger partial charge in [0.25, 0.3) is 0 Å². The van der Waals surface area contributed by atoms with Gasteiger partial charge in [-0.3, -0.25) is 0 Å². The van der Waals surface area contributed by atoms with Crippen LogP contribution in [0.2, 0.25) is 0 Å². The molecule has 0 radical (unpaired) electrons. The minimum absolute atomic E-state index is 0.447. The normalized spacial score (nSPS) is 11.9. The van der Waals surface area contributed by atoms with Crippen molar-refractivity contribution in [1.29, 1.82) is 0 Å². The molecular formula is C9H10Cl2. The largest absolute Gasteiger partial charge is 0.126 e. The molecule has 0 aromatic carbocycles. The second kappa shape index (κ2) is 7.72. The molecule has 0 aliphatic heterocycles. The quantitative estimate of drug-likeness (QED) is 0.362. The van der Waals surface area contributed by atoms with Crippen LogP contribution in [0, 0.1) is 12.3 Å². The van der Waals surface area contributed by atoms with E-state index >= 15 is 0 Å². The molecule has 0 saturated carbocycles. The number of alkyl halides is 2. The maximum Gasteiger partial charge on any atom is 0.0480 e. The minimum Gasteiger partial charge on any atom is -0.126 e. The fraction of sp³-hybridized carbons (Fsp3) is 0.333. The average molecular weight is 189 g/mol. The molecule has 11 heavy (non-hydrogen) atoms. The van der Waals surface area contributed by atoms with Crippen molar-refractivity contribution in [3.05, 3.63) is 23.8 Å². The number of allylic oxidation sites excluding steroid dienone is 4. The van der Waals surface area contributed by atoms with Gasteiger partial charge in [-0.2, -0.15) is 0 Å². The number of terminal acetylenes is 1. The van der Waals surface area contributed by atoms with E-state index in [9.17, 15) is 0 Å². The smallest absolute Gasteiger partial charge is 0.0480 e. The summed E-state index contributed by atoms with van der Waals surface area (Å²) in [5, 5.41) is 0. The first kappa shape index (κ1) is 10.6. The van der Waals surface area contributed by atoms with Crippen LogP contribution < -0.4 is 0 Å². The van der Waals surface area contributed by atoms with Crippen molar-refractivity contribution in [1.82, 2.24) is 0 Å². The first-order chi connectivity index (χ1) is 5.35. The highest BCUT2D eigenvalue weighted by atomic mass is 35.5. The third-order valence-corrected chi connectivity index (χ3v) is 1.56. The zero-order chi connectivity index (χ0) is 8.53. The lowest BCUT2D eigenvalue weighted by atomic mass is 10.2. The van der Waals surface area contributed by atoms with Gasteiger partial charge in [-0.15, -0.1) is 29.6 Å². The fourth-order valence-corrected chi connectivity index (χ4v) is 0.828. The van der Waals surface area contributed by atoms with Crippen molar-refractivity contribution in [3.8, 4) is 12.3 Å². The van der Waals surface area contributed by atoms with Crippen molar-refractivity contribution in [2.24, 2.45) is 0 Å². The molecule has 0 aliphatic carbocycles. The lowest BCUT2D eigenvalue weighted by Gasteiger charge is -1.90. The molecule has 0 amide bonds. The molecule has 0 aliphatic rings. The summed E-state index contributed by atoms with van der Waals surface area (Å²) in [6, 6.07) is 0. The van der Waals surface area contributed by atoms with E-state index in [1.54, 1.807) is 6.08 Å². The van der Waals surface area contributed by atoms with E-state index in [-0.39, 0.29) is 0 Å². The Morgan fingerprint density at radius 3 is 2.64 bits per heavy atom. The Morgan fingerprint density at radius 1 is 1.45 bits per heavy atom. The van der Waals surface area contributed by atoms with E-state index in [2.05, 4.69) is 5.92 Å². The topological polar surface area (TPSA) is 0 Å². The van der Waals surface area contributed by atoms with Crippen molar-refractivity contribution in [2.75, 3.05) is 11.8 Å². The zero-order valence-corrected chi connectivity index (χ0v) is 7.70. The second-order valence-corrected chi connectivity index (χ2v) is 2.54. The summed E-state index contributed by atoms with van der Waals surface area (Å²) < 4.78 is 0. The predicted molar refractivity (Wildman–Crippen MR) is 52.1 cm³/mol. The van der Waals surface area contributed by atoms with E-state index in [0.717, 1.165) is 12.0 Å². The second-order valence-electron chi connectivity index (χ2n) is 1.90. The average Bonchev–Trinajstić information content (AvgIpc) is 2.03. The summed E-state index contributed by atoms with van der Waals surface area (Å²) in [6.07, 6.45) is 11.4. The van der Waals surface area contributed by atoms with E-state index in [1.807, 2.05) is 12.2 Å². The van der Waals surface area contributed by atoms with Gasteiger partial charge in [-0.25, -0.2) is 0 Å². The zero-order valence-electron chi connectivity index (χ0n) is 6.19. The summed E-state index contributed by atoms with van der Waals surface area (Å²) >= 11 is 11.0. The molecular weight excluding hydrogens is 179 g/mol. The maximum absolute atomic E-state index is 5.58. The van der Waals surface area contributed by atoms with E-state index in [0.29, 0.717) is 11.8 Å². The monoisotopic (exact) mass is 188 g/mol. The Bertz CT molecular complexity index is 184. The molecule has 0 unspecified atom stereocenters. The van der Waals surface area contributed by atoms with Crippen LogP contribution in [0.3, 0.4) is 0 Å². The van der Waals surface area contributed by atoms with Crippen molar-refractivity contribution >= 4 is 23.2 Å². The lowest BCUT2D eigenvalue weighted by molar-refractivity contribution is 1.23. The molecule has 0 fully saturated rings. The molecule has 0 nitrogen and oxygen atoms in total. The molecule has 60 valence electrons. The van der Waals surface area contributed by atoms with Gasteiger partial charge in [-0.05, 0) is 18.1 Å². The summed E-state index contributed by atoms with van der Waals surface area (Å²) in [7, 11) is 0. The van der Waals surface area contributed by atoms with Gasteiger partial charge in [0.1, 0.15) is 0 Å². The predicted octanol–water partition coefficient (Wildman–Crippen LogP) is 2.97. The summed E-state index contributed by atoms with van der Waals surface area (Å²) in [4.78, 5) is 0. The first-order valence-corrected chi connectivity index (χ1v) is 4.35. The highest BCUT2D eigenvalue weighted by Crippen LogP contribution is 2.00. The Hall–Kier alpha value is -0.380. The minimum atomic E-state index is 0.447. The number of hydrogen-bond donors (Lipinski definition) is 0. The third kappa shape index (κ3) is 6.04. The van der Waals surface area contributed by atoms with Crippen molar-refractivity contribution in [2.45, 2.75) is 6.42 Å². The molecule has 0 aromatic heterocycles. The molecule has 0 rings (SSSR count). The standard InChI is InChI=1S/C9H10Cl2/c1-2-5-9(8-11)6-3-4-7-10/h1,3,5-6H,4,7-8H2/b6-3-,9-5+. The van der Waals surface area contributed by atoms with Crippen LogP contribution in [-0.4, -0.2) is 11.8 Å². The van der Waals surface area contributed by atoms with Crippen LogP contribution in [-0.2, 0) is 0 Å². The number of hydrogen-bond acceptors (Lipinski definition) is 0. The summed E-state index contributed by atoms with van der Waals surface area (Å²) in [5.74, 6) is 3.49. The molecule has 2 heteroatoms. The van der Waals surface area contributed by atoms with Crippen LogP contribution in [0.5, 0.6) is 0 Å². The van der Waals surface area contributed by atoms with Crippen LogP contribution in [0.1, 0.15) is 6.42 Å². The molecule has 0 N–H and O–H groups in total. The number of rotatable bonds is 4. The van der Waals surface area contributed by atoms with Crippen LogP contribution >= 0.6 is 23.2 Å². The van der Waals surface area contributed by atoms with Crippen molar-refractivity contribution < 1.29 is 0 Å². The van der Waals surface area contributed by atoms with Gasteiger partial charge in [0.15, 0.2) is 0 Å². The van der Waals surface area contributed by atoms with Crippen LogP contribution in [0.15, 0.2) is 23.8 Å². The molecule has 0 aromatic rings. The fourth-order valence-electron chi connectivity index (χ4n) is 0.536. The first-order valence-electron chi connectivity index (χ1n) is 3.28. The van der Waals surface area contributed by atoms with Crippen molar-refractivity contribution in [3.63, 3.8) is 0 Å². The SMILES string of the molecule is C#C/C=C(\C=C/CCCl)CCl. The number of halogens is 2. The molecule has 0 heterocycles. The maximum atomic E-state index is 5.58. The Labute approximate surface area is 77.9 Å². The highest BCUT2D eigenvalue weighted by Gasteiger charge is 1.85. The Balaban J connectivity index is 3.89. The van der Waals surface area contributed by atoms with E-state index < -0.39 is 0 Å². The highest BCUT2D eigenvalue weighted by molar-refractivity contribution is 6.19. The summed E-state index contributed by atoms with van der Waals surface area (Å²) in [6.45, 7) is 0. The van der Waals surface area contributed by atoms with Gasteiger partial charge < -0.3 is 0 Å². The van der Waals surface area contributed by atoms with Gasteiger partial charge in [0, 0.05) is 11.8 Å². The van der Waals surface area contributed by atoms with Gasteiger partial charge in [-0.1, -0.05) is 18.1 Å². The van der Waals surface area contributed by atoms with Gasteiger partial charge in [0.05, 0.1) is 0 Å². The van der Waals surface area contributed by atoms with Gasteiger partial charge >= 0.3 is 0 Å². The van der Waals surface area contributed by atoms with Crippen LogP contribution in [0.25, 0.3) is 0 Å². The molecule has 0 saturated heterocycles. The van der Waals surface area contributed by atoms with E-state index in [1.165, 1.54) is 0 Å². The Kier molecular flexibility index (Phi) is 7.46. The molecule has 0 spiro atoms. The molecule has 0 atom stereocenters.